The van der Waals surface area contributed by atoms with Crippen LogP contribution in [0.25, 0.3) is 11.2 Å². The van der Waals surface area contributed by atoms with Crippen LogP contribution in [0.1, 0.15) is 27.7 Å². The molecule has 2 aromatic rings. The van der Waals surface area contributed by atoms with E-state index in [-0.39, 0.29) is 24.5 Å². The molecule has 0 bridgehead atoms. The maximum atomic E-state index is 12.7. The first-order chi connectivity index (χ1) is 11.7. The minimum atomic E-state index is -3.30. The van der Waals surface area contributed by atoms with Gasteiger partial charge in [-0.2, -0.15) is 0 Å². The van der Waals surface area contributed by atoms with Gasteiger partial charge in [-0.3, -0.25) is 4.57 Å². The third-order valence-corrected chi connectivity index (χ3v) is 5.25. The number of imidazole rings is 1. The van der Waals surface area contributed by atoms with Crippen LogP contribution in [-0.4, -0.2) is 44.7 Å². The van der Waals surface area contributed by atoms with Crippen molar-refractivity contribution in [3.63, 3.8) is 0 Å². The van der Waals surface area contributed by atoms with Crippen molar-refractivity contribution < 1.29 is 18.3 Å². The third kappa shape index (κ3) is 5.58. The molecule has 0 unspecified atom stereocenters. The Morgan fingerprint density at radius 1 is 1.32 bits per heavy atom. The molecule has 0 aliphatic heterocycles. The molecule has 9 nitrogen and oxygen atoms in total. The fourth-order valence-electron chi connectivity index (χ4n) is 2.22. The summed E-state index contributed by atoms with van der Waals surface area (Å²) in [6, 6.07) is 0. The van der Waals surface area contributed by atoms with Crippen molar-refractivity contribution in [3.05, 3.63) is 11.0 Å². The Labute approximate surface area is 151 Å². The van der Waals surface area contributed by atoms with Gasteiger partial charge in [-0.15, -0.1) is 0 Å². The molecule has 2 rings (SSSR count). The van der Waals surface area contributed by atoms with Crippen molar-refractivity contribution in [2.24, 2.45) is 0 Å². The molecule has 25 heavy (non-hydrogen) atoms. The van der Waals surface area contributed by atoms with Gasteiger partial charge < -0.3 is 29.1 Å². The fraction of sp³-hybridized carbons (Fsp3) is 0.643. The van der Waals surface area contributed by atoms with Gasteiger partial charge in [0, 0.05) is 6.54 Å². The Balaban J connectivity index is 1.98. The molecule has 0 saturated heterocycles. The minimum absolute atomic E-state index is 0.115. The summed E-state index contributed by atoms with van der Waals surface area (Å²) in [6.45, 7) is 7.96. The number of nitrogens with zero attached hydrogens (tertiary/aromatic N) is 3. The number of H-pyrrole nitrogens is 1. The molecule has 0 radical (unpaired) electrons. The van der Waals surface area contributed by atoms with Crippen LogP contribution in [0, 0.1) is 4.64 Å². The number of hydrogen-bond donors (Lipinski definition) is 2. The van der Waals surface area contributed by atoms with Gasteiger partial charge in [0.05, 0.1) is 25.1 Å². The van der Waals surface area contributed by atoms with Crippen LogP contribution in [0.3, 0.4) is 0 Å². The molecule has 0 spiro atoms. The Hall–Kier alpha value is -1.32. The Bertz CT molecular complexity index is 805. The van der Waals surface area contributed by atoms with Gasteiger partial charge in [0.1, 0.15) is 17.5 Å². The number of fused-ring (bicyclic) bond motifs is 1. The summed E-state index contributed by atoms with van der Waals surface area (Å²) in [5.41, 5.74) is 6.92. The average molecular weight is 389 g/mol. The number of aromatic amines is 1. The summed E-state index contributed by atoms with van der Waals surface area (Å²) >= 11 is 5.13. The predicted molar refractivity (Wildman–Crippen MR) is 98.0 cm³/mol. The lowest BCUT2D eigenvalue weighted by molar-refractivity contribution is 0.0961. The van der Waals surface area contributed by atoms with Crippen molar-refractivity contribution >= 4 is 36.9 Å². The maximum absolute atomic E-state index is 12.7. The zero-order valence-electron chi connectivity index (χ0n) is 14.8. The highest BCUT2D eigenvalue weighted by Gasteiger charge is 2.28. The molecular weight excluding hydrogens is 365 g/mol. The topological polar surface area (TPSA) is 117 Å². The van der Waals surface area contributed by atoms with E-state index in [1.165, 1.54) is 0 Å². The normalized spacial score (nSPS) is 12.6. The van der Waals surface area contributed by atoms with E-state index in [0.29, 0.717) is 29.0 Å². The fourth-order valence-corrected chi connectivity index (χ4v) is 4.28. The Morgan fingerprint density at radius 3 is 2.56 bits per heavy atom. The predicted octanol–water partition coefficient (Wildman–Crippen LogP) is 3.09. The SMILES string of the molecule is CC(C)OP(=O)(COCCn1cnc2c(=S)nc(N)[nH]c21)OC(C)C. The molecule has 0 atom stereocenters. The highest BCUT2D eigenvalue weighted by molar-refractivity contribution is 7.71. The zero-order chi connectivity index (χ0) is 18.6. The number of ether oxygens (including phenoxy) is 1. The molecule has 11 heteroatoms. The smallest absolute Gasteiger partial charge is 0.356 e. The number of rotatable bonds is 9. The van der Waals surface area contributed by atoms with Crippen molar-refractivity contribution in [2.45, 2.75) is 46.4 Å². The molecule has 0 saturated carbocycles. The largest absolute Gasteiger partial charge is 0.369 e. The van der Waals surface area contributed by atoms with E-state index in [4.69, 9.17) is 31.7 Å². The van der Waals surface area contributed by atoms with E-state index >= 15 is 0 Å². The summed E-state index contributed by atoms with van der Waals surface area (Å²) in [5.74, 6) is 0.223. The van der Waals surface area contributed by atoms with Gasteiger partial charge in [-0.05, 0) is 27.7 Å². The highest BCUT2D eigenvalue weighted by Crippen LogP contribution is 2.50. The van der Waals surface area contributed by atoms with Gasteiger partial charge >= 0.3 is 7.60 Å². The summed E-state index contributed by atoms with van der Waals surface area (Å²) in [7, 11) is -3.30. The van der Waals surface area contributed by atoms with Crippen molar-refractivity contribution in [1.82, 2.24) is 19.5 Å². The second-order valence-corrected chi connectivity index (χ2v) is 8.31. The molecule has 2 heterocycles. The van der Waals surface area contributed by atoms with E-state index in [9.17, 15) is 4.57 Å². The molecule has 0 amide bonds. The molecule has 0 aromatic carbocycles. The summed E-state index contributed by atoms with van der Waals surface area (Å²) in [4.78, 5) is 11.1. The molecule has 0 fully saturated rings. The van der Waals surface area contributed by atoms with Crippen LogP contribution >= 0.6 is 19.8 Å². The molecule has 0 aliphatic rings. The molecule has 140 valence electrons. The lowest BCUT2D eigenvalue weighted by Gasteiger charge is -2.22. The number of aromatic nitrogens is 4. The highest BCUT2D eigenvalue weighted by atomic mass is 32.1. The molecule has 2 aromatic heterocycles. The Kier molecular flexibility index (Phi) is 6.70. The van der Waals surface area contributed by atoms with Crippen LogP contribution in [-0.2, 0) is 24.9 Å². The van der Waals surface area contributed by atoms with E-state index in [0.717, 1.165) is 0 Å². The molecule has 3 N–H and O–H groups in total. The van der Waals surface area contributed by atoms with Crippen LogP contribution in [0.15, 0.2) is 6.33 Å². The summed E-state index contributed by atoms with van der Waals surface area (Å²) in [5, 5.41) is 0. The Morgan fingerprint density at radius 2 is 1.96 bits per heavy atom. The number of nitrogens with two attached hydrogens (primary N) is 1. The van der Waals surface area contributed by atoms with Crippen molar-refractivity contribution in [2.75, 3.05) is 18.7 Å². The quantitative estimate of drug-likeness (QED) is 0.382. The van der Waals surface area contributed by atoms with Gasteiger partial charge in [0.15, 0.2) is 10.6 Å². The first-order valence-corrected chi connectivity index (χ1v) is 10.1. The van der Waals surface area contributed by atoms with E-state index in [1.54, 1.807) is 38.6 Å². The van der Waals surface area contributed by atoms with Crippen LogP contribution in [0.2, 0.25) is 0 Å². The van der Waals surface area contributed by atoms with Crippen LogP contribution in [0.4, 0.5) is 5.95 Å². The average Bonchev–Trinajstić information content (AvgIpc) is 2.85. The zero-order valence-corrected chi connectivity index (χ0v) is 16.5. The minimum Gasteiger partial charge on any atom is -0.369 e. The van der Waals surface area contributed by atoms with E-state index in [1.807, 2.05) is 0 Å². The summed E-state index contributed by atoms with van der Waals surface area (Å²) < 4.78 is 31.2. The third-order valence-electron chi connectivity index (χ3n) is 2.98. The first kappa shape index (κ1) is 20.0. The molecule has 0 aliphatic carbocycles. The van der Waals surface area contributed by atoms with Gasteiger partial charge in [0.2, 0.25) is 0 Å². The van der Waals surface area contributed by atoms with Crippen LogP contribution in [0.5, 0.6) is 0 Å². The maximum Gasteiger partial charge on any atom is 0.356 e. The van der Waals surface area contributed by atoms with Gasteiger partial charge in [0.25, 0.3) is 0 Å². The monoisotopic (exact) mass is 389 g/mol. The van der Waals surface area contributed by atoms with Gasteiger partial charge in [-0.25, -0.2) is 9.97 Å². The lowest BCUT2D eigenvalue weighted by Crippen LogP contribution is -2.13. The molecular formula is C14H24N5O4PS. The second-order valence-electron chi connectivity index (χ2n) is 6.02. The number of hydrogen-bond acceptors (Lipinski definition) is 8. The van der Waals surface area contributed by atoms with Crippen molar-refractivity contribution in [1.29, 1.82) is 0 Å². The lowest BCUT2D eigenvalue weighted by atomic mass is 10.5. The van der Waals surface area contributed by atoms with Gasteiger partial charge in [-0.1, -0.05) is 12.2 Å². The number of nitrogen functional groups attached to an aromatic ring is 1. The van der Waals surface area contributed by atoms with Crippen molar-refractivity contribution in [3.8, 4) is 0 Å². The number of nitrogens with one attached hydrogen (secondary N) is 1. The standard InChI is InChI=1S/C14H24N5O4PS/c1-9(2)22-24(20,23-10(3)4)8-21-6-5-19-7-16-11-12(19)17-14(15)18-13(11)25/h7,9-10H,5-6,8H2,1-4H3,(H3,15,17,18,25). The first-order valence-electron chi connectivity index (χ1n) is 7.94. The number of anilines is 1. The van der Waals surface area contributed by atoms with E-state index in [2.05, 4.69) is 15.0 Å². The van der Waals surface area contributed by atoms with E-state index < -0.39 is 7.60 Å². The van der Waals surface area contributed by atoms with Crippen LogP contribution < -0.4 is 5.73 Å². The second kappa shape index (κ2) is 8.37. The summed E-state index contributed by atoms with van der Waals surface area (Å²) in [6.07, 6.45) is 1.06.